The van der Waals surface area contributed by atoms with Gasteiger partial charge in [-0.05, 0) is 154 Å². The SMILES string of the molecule is CC(C(=O)N1CCN(c2ccc(S(=O)(=O)Nc3nccs3)cc2)C(=O)C1)n1ccc2cccc(Cl)c21.CCN(c1ccccc1)C(C)C(=O)N1CCN(c2ccc(S(=O)(=O)Nc3ccncn3)cc2)CC1.O=C(COc1ccc(F)cc1)N1CCN(c2ccc(S(=O)(=O)Nc3ccncn3)cc2)CC1.[HH].[HH].[HH]. The average molecular weight is 1520 g/mol. The first-order valence-corrected chi connectivity index (χ1v) is 38.7. The van der Waals surface area contributed by atoms with Crippen molar-refractivity contribution in [3.63, 3.8) is 0 Å². The molecular weight excluding hydrogens is 1440 g/mol. The lowest BCUT2D eigenvalue weighted by molar-refractivity contribution is -0.139. The Balaban J connectivity index is 0.000000200. The number of hydrogen-bond acceptors (Lipinski definition) is 20. The van der Waals surface area contributed by atoms with Crippen LogP contribution in [-0.4, -0.2) is 184 Å². The fraction of sp³-hybridized carbons (Fsp3) is 0.254. The Labute approximate surface area is 615 Å². The van der Waals surface area contributed by atoms with E-state index in [4.69, 9.17) is 16.3 Å². The van der Waals surface area contributed by atoms with E-state index in [2.05, 4.69) is 60.7 Å². The molecule has 3 aliphatic heterocycles. The number of carbonyl (C=O) groups excluding carboxylic acids is 4. The Hall–Kier alpha value is -10.8. The summed E-state index contributed by atoms with van der Waals surface area (Å²) in [7, 11) is -11.3. The summed E-state index contributed by atoms with van der Waals surface area (Å²) in [6, 6.07) is 44.5. The number of likely N-dealkylation sites (N-methyl/N-ethyl adjacent to an activating group) is 1. The van der Waals surface area contributed by atoms with Gasteiger partial charge in [-0.3, -0.25) is 33.3 Å². The molecule has 3 fully saturated rings. The second-order valence-electron chi connectivity index (χ2n) is 23.9. The van der Waals surface area contributed by atoms with Crippen molar-refractivity contribution in [1.29, 1.82) is 0 Å². The molecule has 13 rings (SSSR count). The number of piperazine rings is 3. The molecule has 0 bridgehead atoms. The fourth-order valence-corrected chi connectivity index (χ4v) is 16.0. The van der Waals surface area contributed by atoms with Gasteiger partial charge in [0.25, 0.3) is 36.0 Å². The maximum atomic E-state index is 13.2. The lowest BCUT2D eigenvalue weighted by Gasteiger charge is -2.39. The highest BCUT2D eigenvalue weighted by atomic mass is 35.5. The number of anilines is 7. The number of carbonyl (C=O) groups is 4. The summed E-state index contributed by atoms with van der Waals surface area (Å²) < 4.78 is 103. The Kier molecular flexibility index (Phi) is 24.0. The second kappa shape index (κ2) is 33.5. The number of amides is 4. The number of nitrogens with zero attached hydrogens (tertiary/aromatic N) is 13. The number of halogens is 2. The van der Waals surface area contributed by atoms with Crippen LogP contribution in [-0.2, 0) is 49.2 Å². The second-order valence-corrected chi connectivity index (χ2v) is 30.3. The molecule has 0 saturated carbocycles. The van der Waals surface area contributed by atoms with Crippen molar-refractivity contribution in [3.8, 4) is 5.75 Å². The Bertz CT molecular complexity index is 4940. The van der Waals surface area contributed by atoms with E-state index in [1.54, 1.807) is 81.6 Å². The van der Waals surface area contributed by atoms with Crippen molar-refractivity contribution in [3.05, 3.63) is 217 Å². The summed E-state index contributed by atoms with van der Waals surface area (Å²) in [6.45, 7) is 11.9. The first-order chi connectivity index (χ1) is 50.0. The highest BCUT2D eigenvalue weighted by Gasteiger charge is 2.33. The molecule has 27 nitrogen and oxygen atoms in total. The molecule has 6 aromatic carbocycles. The topological polar surface area (TPSA) is 308 Å². The van der Waals surface area contributed by atoms with E-state index in [1.807, 2.05) is 71.1 Å². The third kappa shape index (κ3) is 18.5. The molecule has 0 spiro atoms. The lowest BCUT2D eigenvalue weighted by Crippen LogP contribution is -2.54. The predicted molar refractivity (Wildman–Crippen MR) is 403 cm³/mol. The van der Waals surface area contributed by atoms with Gasteiger partial charge in [-0.2, -0.15) is 0 Å². The number of aromatic nitrogens is 6. The van der Waals surface area contributed by atoms with Crippen LogP contribution in [0.2, 0.25) is 5.02 Å². The van der Waals surface area contributed by atoms with E-state index in [0.29, 0.717) is 81.9 Å². The zero-order valence-electron chi connectivity index (χ0n) is 56.7. The normalized spacial score (nSPS) is 14.8. The van der Waals surface area contributed by atoms with Crippen molar-refractivity contribution >= 4 is 127 Å². The van der Waals surface area contributed by atoms with E-state index < -0.39 is 36.1 Å². The molecule has 4 amide bonds. The van der Waals surface area contributed by atoms with Gasteiger partial charge in [0, 0.05) is 135 Å². The van der Waals surface area contributed by atoms with Crippen LogP contribution in [0.5, 0.6) is 5.75 Å². The number of benzene rings is 6. The molecule has 33 heteroatoms. The van der Waals surface area contributed by atoms with Crippen molar-refractivity contribution < 1.29 is 57.8 Å². The number of thiazole rings is 1. The summed E-state index contributed by atoms with van der Waals surface area (Å²) in [5.41, 5.74) is 4.18. The highest BCUT2D eigenvalue weighted by Crippen LogP contribution is 2.31. The van der Waals surface area contributed by atoms with Crippen LogP contribution in [0.3, 0.4) is 0 Å². The molecule has 548 valence electrons. The van der Waals surface area contributed by atoms with E-state index in [1.165, 1.54) is 103 Å². The molecule has 3 N–H and O–H groups in total. The summed E-state index contributed by atoms with van der Waals surface area (Å²) in [6.07, 6.45) is 8.82. The van der Waals surface area contributed by atoms with E-state index in [0.717, 1.165) is 34.5 Å². The molecule has 10 aromatic rings. The van der Waals surface area contributed by atoms with Gasteiger partial charge < -0.3 is 43.6 Å². The maximum Gasteiger partial charge on any atom is 0.263 e. The number of rotatable bonds is 21. The smallest absolute Gasteiger partial charge is 0.263 e. The predicted octanol–water partition coefficient (Wildman–Crippen LogP) is 9.71. The van der Waals surface area contributed by atoms with Crippen LogP contribution in [0.4, 0.5) is 43.9 Å². The summed E-state index contributed by atoms with van der Waals surface area (Å²) >= 11 is 7.55. The van der Waals surface area contributed by atoms with Crippen LogP contribution in [0.25, 0.3) is 10.9 Å². The number of ether oxygens (including phenoxy) is 1. The van der Waals surface area contributed by atoms with Crippen molar-refractivity contribution in [1.82, 2.24) is 44.2 Å². The minimum atomic E-state index is -3.78. The zero-order valence-corrected chi connectivity index (χ0v) is 60.7. The first kappa shape index (κ1) is 74.4. The number of hydrogen-bond donors (Lipinski definition) is 3. The quantitative estimate of drug-likeness (QED) is 0.0602. The Morgan fingerprint density at radius 2 is 1.12 bits per heavy atom. The van der Waals surface area contributed by atoms with Gasteiger partial charge in [-0.1, -0.05) is 41.9 Å². The molecule has 4 aromatic heterocycles. The number of fused-ring (bicyclic) bond motifs is 1. The molecule has 2 unspecified atom stereocenters. The van der Waals surface area contributed by atoms with Crippen molar-refractivity contribution in [2.75, 3.05) is 119 Å². The summed E-state index contributed by atoms with van der Waals surface area (Å²) in [4.78, 5) is 84.5. The zero-order chi connectivity index (χ0) is 73.5. The maximum absolute atomic E-state index is 13.2. The van der Waals surface area contributed by atoms with Gasteiger partial charge in [-0.15, -0.1) is 11.3 Å². The van der Waals surface area contributed by atoms with E-state index in [-0.39, 0.29) is 84.4 Å². The minimum absolute atomic E-state index is 0. The molecule has 0 radical (unpaired) electrons. The summed E-state index contributed by atoms with van der Waals surface area (Å²) in [5.74, 6) is 0.0454. The molecule has 3 saturated heterocycles. The molecular formula is C71H80ClFN16O11S4. The van der Waals surface area contributed by atoms with Gasteiger partial charge >= 0.3 is 0 Å². The van der Waals surface area contributed by atoms with Crippen LogP contribution in [0.15, 0.2) is 221 Å². The van der Waals surface area contributed by atoms with Crippen LogP contribution < -0.4 is 38.5 Å². The van der Waals surface area contributed by atoms with Crippen LogP contribution in [0.1, 0.15) is 31.1 Å². The largest absolute Gasteiger partial charge is 0.484 e. The molecule has 104 heavy (non-hydrogen) atoms. The molecule has 3 aliphatic rings. The lowest BCUT2D eigenvalue weighted by atomic mass is 10.1. The third-order valence-electron chi connectivity index (χ3n) is 17.4. The van der Waals surface area contributed by atoms with Crippen LogP contribution >= 0.6 is 22.9 Å². The van der Waals surface area contributed by atoms with E-state index >= 15 is 0 Å². The van der Waals surface area contributed by atoms with Gasteiger partial charge in [0.15, 0.2) is 11.7 Å². The highest BCUT2D eigenvalue weighted by molar-refractivity contribution is 7.93. The van der Waals surface area contributed by atoms with Crippen molar-refractivity contribution in [2.24, 2.45) is 0 Å². The monoisotopic (exact) mass is 1510 g/mol. The number of nitrogens with one attached hydrogen (secondary N) is 3. The minimum Gasteiger partial charge on any atom is -0.484 e. The Morgan fingerprint density at radius 1 is 0.587 bits per heavy atom. The van der Waals surface area contributed by atoms with E-state index in [9.17, 15) is 48.8 Å². The molecule has 2 atom stereocenters. The first-order valence-electron chi connectivity index (χ1n) is 32.9. The average Bonchev–Trinajstić information content (AvgIpc) is 1.78. The van der Waals surface area contributed by atoms with Crippen LogP contribution in [0, 0.1) is 5.82 Å². The van der Waals surface area contributed by atoms with Crippen molar-refractivity contribution in [2.45, 2.75) is 47.5 Å². The Morgan fingerprint density at radius 3 is 1.62 bits per heavy atom. The number of sulfonamides is 3. The summed E-state index contributed by atoms with van der Waals surface area (Å²) in [5, 5.41) is 3.45. The van der Waals surface area contributed by atoms with Gasteiger partial charge in [0.05, 0.1) is 25.2 Å². The molecule has 0 aliphatic carbocycles. The van der Waals surface area contributed by atoms with Gasteiger partial charge in [0.1, 0.15) is 54.5 Å². The molecule has 7 heterocycles. The standard InChI is InChI=1S/C25H30N6O3S.C24H22ClN5O4S2.C22H22FN5O4S.3H2/c1-3-31(22-7-5-4-6-8-22)20(2)25(32)30-17-15-29(16-18-30)21-9-11-23(12-10-21)35(33,34)28-24-13-14-26-19-27-24;1-16(29-11-9-17-3-2-4-20(25)22(17)29)23(32)28-12-13-30(21(31)15-28)18-5-7-19(8-6-18)36(33,34)27-24-26-10-14-35-24;23-17-1-5-19(6-2-17)32-15-22(29)28-13-11-27(12-14-28)18-3-7-20(8-4-18)33(30,31)26-21-9-10-24-16-25-21;;;/h4-14,19-20H,3,15-18H2,1-2H3,(H,26,27,28);2-11,14,16H,12-13,15H2,1H3,(H,26,27);1-10,16H,11-15H2,(H,24,25,26);3*1H. The number of para-hydroxylation sites is 2. The van der Waals surface area contributed by atoms with Gasteiger partial charge in [0.2, 0.25) is 17.7 Å². The fourth-order valence-electron chi connectivity index (χ4n) is 11.9. The van der Waals surface area contributed by atoms with Gasteiger partial charge in [-0.25, -0.2) is 54.6 Å². The third-order valence-corrected chi connectivity index (χ3v) is 22.6.